The van der Waals surface area contributed by atoms with Gasteiger partial charge >= 0.3 is 0 Å². The van der Waals surface area contributed by atoms with Crippen molar-refractivity contribution < 1.29 is 26.0 Å². The Morgan fingerprint density at radius 3 is 2.54 bits per heavy atom. The summed E-state index contributed by atoms with van der Waals surface area (Å²) in [6.45, 7) is 5.61. The van der Waals surface area contributed by atoms with E-state index in [1.807, 2.05) is 24.0 Å². The van der Waals surface area contributed by atoms with Crippen LogP contribution in [0.4, 0.5) is 11.7 Å². The fourth-order valence-corrected chi connectivity index (χ4v) is 7.01. The topological polar surface area (TPSA) is 148 Å². The van der Waals surface area contributed by atoms with Gasteiger partial charge in [-0.25, -0.2) is 22.0 Å². The van der Waals surface area contributed by atoms with E-state index in [1.165, 1.54) is 12.1 Å². The maximum absolute atomic E-state index is 11.9. The minimum atomic E-state index is -3.82. The number of sulfonamides is 1. The molecular formula is C25H32ClN5O6S2. The summed E-state index contributed by atoms with van der Waals surface area (Å²) in [5.41, 5.74) is 2.78. The lowest BCUT2D eigenvalue weighted by Gasteiger charge is -2.33. The fraction of sp³-hybridized carbons (Fsp3) is 0.480. The molecule has 0 atom stereocenters. The average molecular weight is 598 g/mol. The van der Waals surface area contributed by atoms with Gasteiger partial charge in [-0.2, -0.15) is 4.98 Å². The second kappa shape index (κ2) is 11.1. The third-order valence-electron chi connectivity index (χ3n) is 7.07. The maximum Gasteiger partial charge on any atom is 0.295 e. The van der Waals surface area contributed by atoms with E-state index in [9.17, 15) is 16.8 Å². The third-order valence-corrected chi connectivity index (χ3v) is 9.97. The number of hydrogen-bond donors (Lipinski definition) is 2. The van der Waals surface area contributed by atoms with Gasteiger partial charge in [0.15, 0.2) is 15.4 Å². The van der Waals surface area contributed by atoms with Crippen molar-refractivity contribution in [1.29, 1.82) is 0 Å². The third kappa shape index (κ3) is 6.60. The molecule has 1 aromatic heterocycles. The zero-order chi connectivity index (χ0) is 27.8. The van der Waals surface area contributed by atoms with E-state index in [2.05, 4.69) is 15.2 Å². The molecule has 2 aliphatic rings. The summed E-state index contributed by atoms with van der Waals surface area (Å²) in [6.07, 6.45) is 1.73. The van der Waals surface area contributed by atoms with E-state index < -0.39 is 19.9 Å². The summed E-state index contributed by atoms with van der Waals surface area (Å²) < 4.78 is 58.6. The SMILES string of the molecule is CCOc1cc(CN2CCC(Nc3nc4cc(S(N)(=O)=O)ccc4o3)CC2)cc(N2CCS(=O)(=O)CC2)c1Cl. The molecule has 5 rings (SSSR count). The van der Waals surface area contributed by atoms with Crippen molar-refractivity contribution in [2.45, 2.75) is 37.2 Å². The molecule has 3 aromatic rings. The number of ether oxygens (including phenoxy) is 1. The standard InChI is InChI=1S/C25H32ClN5O6S2/c1-2-36-23-14-17(13-21(24(23)26)31-9-11-38(32,33)12-10-31)16-30-7-5-18(6-8-30)28-25-29-20-15-19(39(27,34)35)3-4-22(20)37-25/h3-4,13-15,18H,2,5-12,16H2,1H3,(H,28,29)(H2,27,34,35). The molecule has 11 nitrogen and oxygen atoms in total. The average Bonchev–Trinajstić information content (AvgIpc) is 3.28. The van der Waals surface area contributed by atoms with Crippen LogP contribution in [0.1, 0.15) is 25.3 Å². The molecule has 212 valence electrons. The highest BCUT2D eigenvalue weighted by atomic mass is 35.5. The van der Waals surface area contributed by atoms with E-state index in [0.29, 0.717) is 54.1 Å². The normalized spacial score (nSPS) is 18.9. The Kier molecular flexibility index (Phi) is 7.98. The molecule has 2 fully saturated rings. The number of halogens is 1. The van der Waals surface area contributed by atoms with Gasteiger partial charge in [0.2, 0.25) is 10.0 Å². The molecule has 2 saturated heterocycles. The summed E-state index contributed by atoms with van der Waals surface area (Å²) in [5, 5.41) is 9.05. The Hall–Kier alpha value is -2.58. The van der Waals surface area contributed by atoms with Crippen LogP contribution in [0, 0.1) is 0 Å². The highest BCUT2D eigenvalue weighted by Crippen LogP contribution is 2.37. The van der Waals surface area contributed by atoms with Crippen LogP contribution in [0.15, 0.2) is 39.6 Å². The Labute approximate surface area is 233 Å². The van der Waals surface area contributed by atoms with Crippen molar-refractivity contribution in [3.63, 3.8) is 0 Å². The van der Waals surface area contributed by atoms with Crippen LogP contribution in [0.25, 0.3) is 11.1 Å². The molecule has 2 aromatic carbocycles. The number of anilines is 2. The molecule has 0 aliphatic carbocycles. The zero-order valence-electron chi connectivity index (χ0n) is 21.6. The van der Waals surface area contributed by atoms with Crippen molar-refractivity contribution in [2.24, 2.45) is 5.14 Å². The monoisotopic (exact) mass is 597 g/mol. The second-order valence-electron chi connectivity index (χ2n) is 9.89. The van der Waals surface area contributed by atoms with Gasteiger partial charge in [0.25, 0.3) is 6.01 Å². The number of nitrogens with two attached hydrogens (primary N) is 1. The maximum atomic E-state index is 11.9. The van der Waals surface area contributed by atoms with Crippen LogP contribution in [0.3, 0.4) is 0 Å². The van der Waals surface area contributed by atoms with Crippen molar-refractivity contribution in [2.75, 3.05) is 54.5 Å². The molecule has 3 heterocycles. The smallest absolute Gasteiger partial charge is 0.295 e. The van der Waals surface area contributed by atoms with Gasteiger partial charge in [0.1, 0.15) is 16.3 Å². The number of piperidine rings is 1. The first-order valence-electron chi connectivity index (χ1n) is 12.8. The Bertz CT molecular complexity index is 1560. The number of benzene rings is 2. The van der Waals surface area contributed by atoms with Gasteiger partial charge in [-0.3, -0.25) is 4.90 Å². The molecule has 0 saturated carbocycles. The first kappa shape index (κ1) is 28.0. The summed E-state index contributed by atoms with van der Waals surface area (Å²) >= 11 is 6.67. The van der Waals surface area contributed by atoms with Crippen LogP contribution in [-0.2, 0) is 26.4 Å². The Morgan fingerprint density at radius 2 is 1.87 bits per heavy atom. The van der Waals surface area contributed by atoms with E-state index >= 15 is 0 Å². The molecule has 0 spiro atoms. The number of fused-ring (bicyclic) bond motifs is 1. The number of aromatic nitrogens is 1. The molecule has 2 aliphatic heterocycles. The summed E-state index contributed by atoms with van der Waals surface area (Å²) in [4.78, 5) is 8.76. The van der Waals surface area contributed by atoms with Gasteiger partial charge in [-0.15, -0.1) is 0 Å². The lowest BCUT2D eigenvalue weighted by atomic mass is 10.0. The Balaban J connectivity index is 1.23. The van der Waals surface area contributed by atoms with Crippen molar-refractivity contribution in [1.82, 2.24) is 9.88 Å². The molecule has 0 unspecified atom stereocenters. The molecule has 0 amide bonds. The summed E-state index contributed by atoms with van der Waals surface area (Å²) in [7, 11) is -6.82. The van der Waals surface area contributed by atoms with Crippen molar-refractivity contribution >= 4 is 54.3 Å². The van der Waals surface area contributed by atoms with E-state index in [-0.39, 0.29) is 22.4 Å². The van der Waals surface area contributed by atoms with Crippen LogP contribution in [0.2, 0.25) is 5.02 Å². The number of oxazole rings is 1. The first-order valence-corrected chi connectivity index (χ1v) is 16.6. The number of sulfone groups is 1. The molecule has 0 bridgehead atoms. The largest absolute Gasteiger partial charge is 0.492 e. The van der Waals surface area contributed by atoms with Gasteiger partial charge < -0.3 is 19.4 Å². The second-order valence-corrected chi connectivity index (χ2v) is 14.1. The lowest BCUT2D eigenvalue weighted by Crippen LogP contribution is -2.40. The van der Waals surface area contributed by atoms with Crippen LogP contribution < -0.4 is 20.1 Å². The van der Waals surface area contributed by atoms with Gasteiger partial charge in [0.05, 0.1) is 28.7 Å². The van der Waals surface area contributed by atoms with E-state index in [0.717, 1.165) is 37.2 Å². The van der Waals surface area contributed by atoms with E-state index in [1.54, 1.807) is 6.07 Å². The molecule has 0 radical (unpaired) electrons. The van der Waals surface area contributed by atoms with E-state index in [4.69, 9.17) is 25.9 Å². The minimum absolute atomic E-state index is 0.00803. The highest BCUT2D eigenvalue weighted by molar-refractivity contribution is 7.91. The molecule has 3 N–H and O–H groups in total. The Morgan fingerprint density at radius 1 is 1.15 bits per heavy atom. The number of nitrogens with zero attached hydrogens (tertiary/aromatic N) is 3. The molecule has 39 heavy (non-hydrogen) atoms. The quantitative estimate of drug-likeness (QED) is 0.397. The fourth-order valence-electron chi connectivity index (χ4n) is 4.99. The first-order chi connectivity index (χ1) is 18.5. The highest BCUT2D eigenvalue weighted by Gasteiger charge is 2.26. The number of nitrogens with one attached hydrogen (secondary N) is 1. The van der Waals surface area contributed by atoms with Crippen LogP contribution in [-0.4, -0.2) is 77.1 Å². The van der Waals surface area contributed by atoms with Crippen molar-refractivity contribution in [3.05, 3.63) is 40.9 Å². The zero-order valence-corrected chi connectivity index (χ0v) is 24.0. The number of hydrogen-bond acceptors (Lipinski definition) is 10. The van der Waals surface area contributed by atoms with Crippen LogP contribution >= 0.6 is 11.6 Å². The predicted molar refractivity (Wildman–Crippen MR) is 151 cm³/mol. The van der Waals surface area contributed by atoms with Gasteiger partial charge in [-0.05, 0) is 55.7 Å². The van der Waals surface area contributed by atoms with Crippen LogP contribution in [0.5, 0.6) is 5.75 Å². The van der Waals surface area contributed by atoms with Gasteiger partial charge in [0, 0.05) is 38.8 Å². The number of primary sulfonamides is 1. The lowest BCUT2D eigenvalue weighted by molar-refractivity contribution is 0.210. The molecular weight excluding hydrogens is 566 g/mol. The molecule has 14 heteroatoms. The summed E-state index contributed by atoms with van der Waals surface area (Å²) in [5.74, 6) is 0.842. The predicted octanol–water partition coefficient (Wildman–Crippen LogP) is 2.84. The number of rotatable bonds is 8. The van der Waals surface area contributed by atoms with Crippen molar-refractivity contribution in [3.8, 4) is 5.75 Å². The number of likely N-dealkylation sites (tertiary alicyclic amines) is 1. The summed E-state index contributed by atoms with van der Waals surface area (Å²) in [6, 6.07) is 8.87. The van der Waals surface area contributed by atoms with Gasteiger partial charge in [-0.1, -0.05) is 11.6 Å². The minimum Gasteiger partial charge on any atom is -0.492 e.